The fourth-order valence-corrected chi connectivity index (χ4v) is 1.36. The molecule has 1 nitrogen and oxygen atoms in total. The summed E-state index contributed by atoms with van der Waals surface area (Å²) in [5.74, 6) is 0.652. The molecule has 0 bridgehead atoms. The SMILES string of the molecule is C=CCCCCC(O)C1CC1. The molecule has 0 spiro atoms. The lowest BCUT2D eigenvalue weighted by atomic mass is 10.1. The van der Waals surface area contributed by atoms with E-state index in [1.54, 1.807) is 0 Å². The lowest BCUT2D eigenvalue weighted by Gasteiger charge is -2.06. The molecule has 0 saturated heterocycles. The van der Waals surface area contributed by atoms with Crippen LogP contribution < -0.4 is 0 Å². The van der Waals surface area contributed by atoms with Gasteiger partial charge >= 0.3 is 0 Å². The predicted molar refractivity (Wildman–Crippen MR) is 47.4 cm³/mol. The van der Waals surface area contributed by atoms with Gasteiger partial charge in [0.05, 0.1) is 6.10 Å². The average molecular weight is 154 g/mol. The molecule has 0 aromatic rings. The first-order valence-corrected chi connectivity index (χ1v) is 4.63. The van der Waals surface area contributed by atoms with Crippen molar-refractivity contribution < 1.29 is 5.11 Å². The first-order valence-electron chi connectivity index (χ1n) is 4.63. The molecule has 0 radical (unpaired) electrons. The minimum absolute atomic E-state index is 0.000171. The van der Waals surface area contributed by atoms with Crippen LogP contribution in [0.1, 0.15) is 38.5 Å². The topological polar surface area (TPSA) is 20.2 Å². The van der Waals surface area contributed by atoms with Gasteiger partial charge in [0.2, 0.25) is 0 Å². The molecule has 0 aliphatic heterocycles. The summed E-state index contributed by atoms with van der Waals surface area (Å²) >= 11 is 0. The van der Waals surface area contributed by atoms with Crippen LogP contribution in [0.2, 0.25) is 0 Å². The van der Waals surface area contributed by atoms with E-state index in [0.29, 0.717) is 5.92 Å². The van der Waals surface area contributed by atoms with E-state index < -0.39 is 0 Å². The second-order valence-electron chi connectivity index (χ2n) is 3.48. The monoisotopic (exact) mass is 154 g/mol. The summed E-state index contributed by atoms with van der Waals surface area (Å²) in [6, 6.07) is 0. The van der Waals surface area contributed by atoms with Crippen LogP contribution >= 0.6 is 0 Å². The van der Waals surface area contributed by atoms with Crippen molar-refractivity contribution in [3.63, 3.8) is 0 Å². The van der Waals surface area contributed by atoms with E-state index in [2.05, 4.69) is 6.58 Å². The number of aliphatic hydroxyl groups excluding tert-OH is 1. The largest absolute Gasteiger partial charge is 0.393 e. The molecule has 0 aromatic heterocycles. The number of allylic oxidation sites excluding steroid dienone is 1. The summed E-state index contributed by atoms with van der Waals surface area (Å²) in [6.07, 6.45) is 8.89. The van der Waals surface area contributed by atoms with Gasteiger partial charge in [-0.3, -0.25) is 0 Å². The van der Waals surface area contributed by atoms with Crippen molar-refractivity contribution >= 4 is 0 Å². The third kappa shape index (κ3) is 3.57. The summed E-state index contributed by atoms with van der Waals surface area (Å²) in [6.45, 7) is 3.66. The lowest BCUT2D eigenvalue weighted by Crippen LogP contribution is -2.08. The zero-order valence-corrected chi connectivity index (χ0v) is 7.13. The molecule has 64 valence electrons. The van der Waals surface area contributed by atoms with Crippen molar-refractivity contribution in [2.24, 2.45) is 5.92 Å². The Labute approximate surface area is 69.1 Å². The van der Waals surface area contributed by atoms with Gasteiger partial charge in [-0.2, -0.15) is 0 Å². The highest BCUT2D eigenvalue weighted by molar-refractivity contribution is 4.80. The van der Waals surface area contributed by atoms with Crippen LogP contribution in [0.5, 0.6) is 0 Å². The normalized spacial score (nSPS) is 19.7. The molecule has 0 aromatic carbocycles. The zero-order chi connectivity index (χ0) is 8.10. The summed E-state index contributed by atoms with van der Waals surface area (Å²) in [5.41, 5.74) is 0. The third-order valence-electron chi connectivity index (χ3n) is 2.32. The fraction of sp³-hybridized carbons (Fsp3) is 0.800. The Kier molecular flexibility index (Phi) is 3.64. The highest BCUT2D eigenvalue weighted by atomic mass is 16.3. The van der Waals surface area contributed by atoms with Gasteiger partial charge in [0, 0.05) is 0 Å². The quantitative estimate of drug-likeness (QED) is 0.460. The molecule has 1 atom stereocenters. The highest BCUT2D eigenvalue weighted by Gasteiger charge is 2.28. The Balaban J connectivity index is 1.88. The van der Waals surface area contributed by atoms with E-state index >= 15 is 0 Å². The van der Waals surface area contributed by atoms with Crippen molar-refractivity contribution in [2.45, 2.75) is 44.6 Å². The molecule has 1 heteroatoms. The third-order valence-corrected chi connectivity index (χ3v) is 2.32. The first kappa shape index (κ1) is 8.79. The van der Waals surface area contributed by atoms with Gasteiger partial charge < -0.3 is 5.11 Å². The van der Waals surface area contributed by atoms with Gasteiger partial charge in [0.15, 0.2) is 0 Å². The first-order chi connectivity index (χ1) is 5.34. The molecule has 0 amide bonds. The number of aliphatic hydroxyl groups is 1. The Morgan fingerprint density at radius 1 is 1.45 bits per heavy atom. The summed E-state index contributed by atoms with van der Waals surface area (Å²) in [5, 5.41) is 9.46. The van der Waals surface area contributed by atoms with Crippen molar-refractivity contribution in [1.29, 1.82) is 0 Å². The van der Waals surface area contributed by atoms with Crippen LogP contribution in [-0.4, -0.2) is 11.2 Å². The molecule has 1 fully saturated rings. The maximum atomic E-state index is 9.46. The van der Waals surface area contributed by atoms with Gasteiger partial charge in [-0.15, -0.1) is 6.58 Å². The van der Waals surface area contributed by atoms with E-state index in [9.17, 15) is 5.11 Å². The van der Waals surface area contributed by atoms with Gasteiger partial charge in [-0.1, -0.05) is 12.5 Å². The van der Waals surface area contributed by atoms with E-state index in [-0.39, 0.29) is 6.10 Å². The Bertz CT molecular complexity index is 116. The lowest BCUT2D eigenvalue weighted by molar-refractivity contribution is 0.138. The van der Waals surface area contributed by atoms with Crippen molar-refractivity contribution in [2.75, 3.05) is 0 Å². The molecule has 0 heterocycles. The molecule has 1 saturated carbocycles. The van der Waals surface area contributed by atoms with Gasteiger partial charge in [0.1, 0.15) is 0 Å². The molecule has 1 aliphatic carbocycles. The Morgan fingerprint density at radius 3 is 2.73 bits per heavy atom. The zero-order valence-electron chi connectivity index (χ0n) is 7.13. The number of hydrogen-bond acceptors (Lipinski definition) is 1. The molecular formula is C10H18O. The molecule has 1 aliphatic rings. The second kappa shape index (κ2) is 4.55. The fourth-order valence-electron chi connectivity index (χ4n) is 1.36. The summed E-state index contributed by atoms with van der Waals surface area (Å²) in [7, 11) is 0. The van der Waals surface area contributed by atoms with Crippen LogP contribution in [-0.2, 0) is 0 Å². The molecule has 1 unspecified atom stereocenters. The van der Waals surface area contributed by atoms with Crippen LogP contribution in [0.4, 0.5) is 0 Å². The molecule has 1 N–H and O–H groups in total. The maximum Gasteiger partial charge on any atom is 0.0568 e. The van der Waals surface area contributed by atoms with Crippen molar-refractivity contribution in [3.05, 3.63) is 12.7 Å². The van der Waals surface area contributed by atoms with Crippen LogP contribution in [0, 0.1) is 5.92 Å². The maximum absolute atomic E-state index is 9.46. The van der Waals surface area contributed by atoms with E-state index in [1.165, 1.54) is 19.3 Å². The second-order valence-corrected chi connectivity index (χ2v) is 3.48. The number of rotatable bonds is 6. The Morgan fingerprint density at radius 2 is 2.18 bits per heavy atom. The highest BCUT2D eigenvalue weighted by Crippen LogP contribution is 2.34. The van der Waals surface area contributed by atoms with E-state index in [0.717, 1.165) is 19.3 Å². The van der Waals surface area contributed by atoms with Crippen LogP contribution in [0.25, 0.3) is 0 Å². The molecule has 1 rings (SSSR count). The molecule has 11 heavy (non-hydrogen) atoms. The van der Waals surface area contributed by atoms with E-state index in [4.69, 9.17) is 0 Å². The number of unbranched alkanes of at least 4 members (excludes halogenated alkanes) is 2. The predicted octanol–water partition coefficient (Wildman–Crippen LogP) is 2.50. The molecular weight excluding hydrogens is 136 g/mol. The number of hydrogen-bond donors (Lipinski definition) is 1. The smallest absolute Gasteiger partial charge is 0.0568 e. The van der Waals surface area contributed by atoms with Crippen LogP contribution in [0.3, 0.4) is 0 Å². The minimum Gasteiger partial charge on any atom is -0.393 e. The van der Waals surface area contributed by atoms with E-state index in [1.807, 2.05) is 6.08 Å². The van der Waals surface area contributed by atoms with Crippen LogP contribution in [0.15, 0.2) is 12.7 Å². The van der Waals surface area contributed by atoms with Gasteiger partial charge in [-0.05, 0) is 38.0 Å². The summed E-state index contributed by atoms with van der Waals surface area (Å²) < 4.78 is 0. The summed E-state index contributed by atoms with van der Waals surface area (Å²) in [4.78, 5) is 0. The van der Waals surface area contributed by atoms with Gasteiger partial charge in [0.25, 0.3) is 0 Å². The van der Waals surface area contributed by atoms with Gasteiger partial charge in [-0.25, -0.2) is 0 Å². The van der Waals surface area contributed by atoms with Crippen molar-refractivity contribution in [3.8, 4) is 0 Å². The Hall–Kier alpha value is -0.300. The minimum atomic E-state index is -0.000171. The standard InChI is InChI=1S/C10H18O/c1-2-3-4-5-6-10(11)9-7-8-9/h2,9-11H,1,3-8H2. The van der Waals surface area contributed by atoms with Crippen molar-refractivity contribution in [1.82, 2.24) is 0 Å². The average Bonchev–Trinajstić information content (AvgIpc) is 2.79.